The zero-order valence-electron chi connectivity index (χ0n) is 10.3. The van der Waals surface area contributed by atoms with Crippen LogP contribution in [0, 0.1) is 0 Å². The zero-order chi connectivity index (χ0) is 11.5. The number of amides is 1. The van der Waals surface area contributed by atoms with E-state index < -0.39 is 5.60 Å². The number of nitrogens with one attached hydrogen (secondary N) is 1. The summed E-state index contributed by atoms with van der Waals surface area (Å²) in [4.78, 5) is 11.4. The Bertz CT molecular complexity index is 221. The van der Waals surface area contributed by atoms with Gasteiger partial charge in [-0.3, -0.25) is 0 Å². The minimum absolute atomic E-state index is 0. The van der Waals surface area contributed by atoms with Crippen LogP contribution in [-0.2, 0) is 4.74 Å². The number of hydrogen-bond acceptors (Lipinski definition) is 3. The summed E-state index contributed by atoms with van der Waals surface area (Å²) in [6.45, 7) is 5.59. The zero-order valence-corrected chi connectivity index (χ0v) is 11.1. The summed E-state index contributed by atoms with van der Waals surface area (Å²) in [7, 11) is 0. The number of halogens is 1. The average Bonchev–Trinajstić information content (AvgIpc) is 2.05. The van der Waals surface area contributed by atoms with Crippen molar-refractivity contribution in [3.63, 3.8) is 0 Å². The van der Waals surface area contributed by atoms with E-state index in [9.17, 15) is 4.79 Å². The Kier molecular flexibility index (Phi) is 6.11. The van der Waals surface area contributed by atoms with E-state index in [1.807, 2.05) is 20.8 Å². The average molecular weight is 251 g/mol. The van der Waals surface area contributed by atoms with E-state index >= 15 is 0 Å². The molecule has 5 heteroatoms. The van der Waals surface area contributed by atoms with Gasteiger partial charge in [0, 0.05) is 12.1 Å². The first-order valence-electron chi connectivity index (χ1n) is 5.62. The largest absolute Gasteiger partial charge is 0.444 e. The number of carbonyl (C=O) groups is 1. The number of hydrogen-bond donors (Lipinski definition) is 2. The Labute approximate surface area is 104 Å². The number of carbonyl (C=O) groups excluding carboxylic acids is 1. The molecule has 1 saturated carbocycles. The molecule has 3 N–H and O–H groups in total. The molecular formula is C11H23ClN2O2. The first-order valence-corrected chi connectivity index (χ1v) is 5.62. The molecule has 0 atom stereocenters. The molecule has 0 aliphatic heterocycles. The van der Waals surface area contributed by atoms with Gasteiger partial charge in [-0.15, -0.1) is 12.4 Å². The van der Waals surface area contributed by atoms with Gasteiger partial charge in [0.2, 0.25) is 0 Å². The van der Waals surface area contributed by atoms with Crippen molar-refractivity contribution in [1.29, 1.82) is 0 Å². The molecule has 0 aromatic rings. The van der Waals surface area contributed by atoms with Crippen molar-refractivity contribution in [3.05, 3.63) is 0 Å². The van der Waals surface area contributed by atoms with Crippen LogP contribution in [0.25, 0.3) is 0 Å². The van der Waals surface area contributed by atoms with E-state index in [4.69, 9.17) is 10.5 Å². The third-order valence-electron chi connectivity index (χ3n) is 2.49. The summed E-state index contributed by atoms with van der Waals surface area (Å²) in [5, 5.41) is 2.88. The van der Waals surface area contributed by atoms with Crippen LogP contribution < -0.4 is 11.1 Å². The number of alkyl carbamates (subject to hydrolysis) is 1. The molecule has 1 rings (SSSR count). The second kappa shape index (κ2) is 6.30. The Balaban J connectivity index is 0.00000225. The Morgan fingerprint density at radius 3 is 2.19 bits per heavy atom. The highest BCUT2D eigenvalue weighted by molar-refractivity contribution is 5.85. The molecule has 0 saturated heterocycles. The van der Waals surface area contributed by atoms with Gasteiger partial charge in [0.1, 0.15) is 5.60 Å². The molecular weight excluding hydrogens is 228 g/mol. The second-order valence-corrected chi connectivity index (χ2v) is 5.26. The standard InChI is InChI=1S/C11H22N2O2.ClH/c1-11(2,3)15-10(14)13-9-6-4-8(12)5-7-9;/h8-9H,4-7,12H2,1-3H3,(H,13,14);1H. The lowest BCUT2D eigenvalue weighted by Gasteiger charge is -2.28. The fraction of sp³-hybridized carbons (Fsp3) is 0.909. The van der Waals surface area contributed by atoms with Gasteiger partial charge < -0.3 is 15.8 Å². The third kappa shape index (κ3) is 6.18. The molecule has 0 spiro atoms. The summed E-state index contributed by atoms with van der Waals surface area (Å²) in [5.41, 5.74) is 5.36. The number of rotatable bonds is 1. The first-order chi connectivity index (χ1) is 6.87. The predicted octanol–water partition coefficient (Wildman–Crippen LogP) is 2.20. The van der Waals surface area contributed by atoms with E-state index in [1.165, 1.54) is 0 Å². The molecule has 0 bridgehead atoms. The second-order valence-electron chi connectivity index (χ2n) is 5.26. The van der Waals surface area contributed by atoms with Crippen LogP contribution >= 0.6 is 12.4 Å². The third-order valence-corrected chi connectivity index (χ3v) is 2.49. The highest BCUT2D eigenvalue weighted by Crippen LogP contribution is 2.17. The van der Waals surface area contributed by atoms with Gasteiger partial charge in [-0.05, 0) is 46.5 Å². The SMILES string of the molecule is CC(C)(C)OC(=O)NC1CCC(N)CC1.Cl. The molecule has 1 fully saturated rings. The van der Waals surface area contributed by atoms with Gasteiger partial charge in [0.15, 0.2) is 0 Å². The molecule has 0 radical (unpaired) electrons. The van der Waals surface area contributed by atoms with Crippen LogP contribution in [0.4, 0.5) is 4.79 Å². The maximum absolute atomic E-state index is 11.4. The van der Waals surface area contributed by atoms with Crippen LogP contribution in [0.15, 0.2) is 0 Å². The van der Waals surface area contributed by atoms with Gasteiger partial charge in [0.05, 0.1) is 0 Å². The molecule has 1 amide bonds. The summed E-state index contributed by atoms with van der Waals surface area (Å²) >= 11 is 0. The van der Waals surface area contributed by atoms with E-state index in [2.05, 4.69) is 5.32 Å². The van der Waals surface area contributed by atoms with Crippen LogP contribution in [-0.4, -0.2) is 23.8 Å². The molecule has 96 valence electrons. The summed E-state index contributed by atoms with van der Waals surface area (Å²) in [6.07, 6.45) is 3.57. The van der Waals surface area contributed by atoms with Crippen molar-refractivity contribution in [3.8, 4) is 0 Å². The lowest BCUT2D eigenvalue weighted by atomic mass is 9.92. The lowest BCUT2D eigenvalue weighted by molar-refractivity contribution is 0.0491. The summed E-state index contributed by atoms with van der Waals surface area (Å²) in [5.74, 6) is 0. The number of nitrogens with two attached hydrogens (primary N) is 1. The Morgan fingerprint density at radius 1 is 1.25 bits per heavy atom. The van der Waals surface area contributed by atoms with Crippen molar-refractivity contribution >= 4 is 18.5 Å². The monoisotopic (exact) mass is 250 g/mol. The van der Waals surface area contributed by atoms with Crippen LogP contribution in [0.1, 0.15) is 46.5 Å². The van der Waals surface area contributed by atoms with Gasteiger partial charge >= 0.3 is 6.09 Å². The van der Waals surface area contributed by atoms with E-state index in [0.717, 1.165) is 25.7 Å². The van der Waals surface area contributed by atoms with Crippen molar-refractivity contribution < 1.29 is 9.53 Å². The maximum atomic E-state index is 11.4. The van der Waals surface area contributed by atoms with Crippen molar-refractivity contribution in [2.45, 2.75) is 64.1 Å². The molecule has 16 heavy (non-hydrogen) atoms. The van der Waals surface area contributed by atoms with Gasteiger partial charge in [-0.2, -0.15) is 0 Å². The lowest BCUT2D eigenvalue weighted by Crippen LogP contribution is -2.42. The smallest absolute Gasteiger partial charge is 0.407 e. The van der Waals surface area contributed by atoms with Crippen LogP contribution in [0.3, 0.4) is 0 Å². The Hall–Kier alpha value is -0.480. The highest BCUT2D eigenvalue weighted by Gasteiger charge is 2.22. The molecule has 0 aromatic heterocycles. The minimum atomic E-state index is -0.421. The van der Waals surface area contributed by atoms with Crippen molar-refractivity contribution in [1.82, 2.24) is 5.32 Å². The normalized spacial score (nSPS) is 25.5. The van der Waals surface area contributed by atoms with Gasteiger partial charge in [-0.1, -0.05) is 0 Å². The molecule has 0 heterocycles. The molecule has 0 unspecified atom stereocenters. The highest BCUT2D eigenvalue weighted by atomic mass is 35.5. The van der Waals surface area contributed by atoms with Gasteiger partial charge in [0.25, 0.3) is 0 Å². The summed E-state index contributed by atoms with van der Waals surface area (Å²) in [6, 6.07) is 0.543. The fourth-order valence-electron chi connectivity index (χ4n) is 1.74. The van der Waals surface area contributed by atoms with Crippen molar-refractivity contribution in [2.24, 2.45) is 5.73 Å². The Morgan fingerprint density at radius 2 is 1.75 bits per heavy atom. The maximum Gasteiger partial charge on any atom is 0.407 e. The van der Waals surface area contributed by atoms with Crippen molar-refractivity contribution in [2.75, 3.05) is 0 Å². The quantitative estimate of drug-likeness (QED) is 0.750. The van der Waals surface area contributed by atoms with E-state index in [0.29, 0.717) is 6.04 Å². The summed E-state index contributed by atoms with van der Waals surface area (Å²) < 4.78 is 5.19. The number of ether oxygens (including phenoxy) is 1. The topological polar surface area (TPSA) is 64.3 Å². The predicted molar refractivity (Wildman–Crippen MR) is 66.8 cm³/mol. The molecule has 0 aromatic carbocycles. The van der Waals surface area contributed by atoms with E-state index in [-0.39, 0.29) is 24.5 Å². The van der Waals surface area contributed by atoms with Gasteiger partial charge in [-0.25, -0.2) is 4.79 Å². The van der Waals surface area contributed by atoms with E-state index in [1.54, 1.807) is 0 Å². The minimum Gasteiger partial charge on any atom is -0.444 e. The van der Waals surface area contributed by atoms with Crippen LogP contribution in [0.5, 0.6) is 0 Å². The van der Waals surface area contributed by atoms with Crippen LogP contribution in [0.2, 0.25) is 0 Å². The molecule has 4 nitrogen and oxygen atoms in total. The molecule has 1 aliphatic rings. The first kappa shape index (κ1) is 15.5. The molecule has 1 aliphatic carbocycles. The fourth-order valence-corrected chi connectivity index (χ4v) is 1.74.